The van der Waals surface area contributed by atoms with Crippen LogP contribution in [0.5, 0.6) is 0 Å². The number of fused-ring (bicyclic) bond motifs is 2. The highest BCUT2D eigenvalue weighted by Gasteiger charge is 2.42. The van der Waals surface area contributed by atoms with E-state index in [4.69, 9.17) is 0 Å². The van der Waals surface area contributed by atoms with Gasteiger partial charge in [-0.1, -0.05) is 12.5 Å². The lowest BCUT2D eigenvalue weighted by Crippen LogP contribution is -2.37. The maximum Gasteiger partial charge on any atom is 0.0668 e. The minimum Gasteiger partial charge on any atom is -0.390 e. The number of aliphatic hydroxyl groups is 1. The molecule has 2 atom stereocenters. The van der Waals surface area contributed by atoms with E-state index in [-0.39, 0.29) is 5.60 Å². The molecule has 2 rings (SSSR count). The Morgan fingerprint density at radius 2 is 1.93 bits per heavy atom. The third-order valence-corrected chi connectivity index (χ3v) is 5.29. The Kier molecular flexibility index (Phi) is 3.78. The van der Waals surface area contributed by atoms with Gasteiger partial charge in [0.2, 0.25) is 0 Å². The average molecular weight is 226 g/mol. The SMILES string of the molecule is C=CCCCCC1(O)CC2CCC(C1)S2. The van der Waals surface area contributed by atoms with Gasteiger partial charge in [-0.25, -0.2) is 0 Å². The van der Waals surface area contributed by atoms with Crippen LogP contribution in [-0.2, 0) is 0 Å². The van der Waals surface area contributed by atoms with Crippen LogP contribution in [0.1, 0.15) is 51.4 Å². The highest BCUT2D eigenvalue weighted by Crippen LogP contribution is 2.48. The molecule has 0 aromatic heterocycles. The molecule has 0 aromatic carbocycles. The average Bonchev–Trinajstić information content (AvgIpc) is 2.54. The molecule has 1 N–H and O–H groups in total. The Labute approximate surface area is 97.3 Å². The van der Waals surface area contributed by atoms with Gasteiger partial charge >= 0.3 is 0 Å². The summed E-state index contributed by atoms with van der Waals surface area (Å²) in [6, 6.07) is 0. The second kappa shape index (κ2) is 4.92. The van der Waals surface area contributed by atoms with Crippen molar-refractivity contribution in [3.05, 3.63) is 12.7 Å². The van der Waals surface area contributed by atoms with Crippen molar-refractivity contribution in [2.24, 2.45) is 0 Å². The zero-order chi connectivity index (χ0) is 10.7. The van der Waals surface area contributed by atoms with Gasteiger partial charge < -0.3 is 5.11 Å². The zero-order valence-electron chi connectivity index (χ0n) is 9.45. The second-order valence-corrected chi connectivity index (χ2v) is 6.73. The molecule has 2 saturated heterocycles. The van der Waals surface area contributed by atoms with E-state index in [1.165, 1.54) is 19.3 Å². The summed E-state index contributed by atoms with van der Waals surface area (Å²) in [5.41, 5.74) is -0.321. The van der Waals surface area contributed by atoms with Gasteiger partial charge in [-0.05, 0) is 44.9 Å². The lowest BCUT2D eigenvalue weighted by Gasteiger charge is -2.36. The Bertz CT molecular complexity index is 215. The third kappa shape index (κ3) is 3.01. The van der Waals surface area contributed by atoms with Crippen LogP contribution < -0.4 is 0 Å². The van der Waals surface area contributed by atoms with Crippen LogP contribution in [0.25, 0.3) is 0 Å². The first-order valence-electron chi connectivity index (χ1n) is 6.21. The van der Waals surface area contributed by atoms with Crippen LogP contribution in [0.4, 0.5) is 0 Å². The quantitative estimate of drug-likeness (QED) is 0.572. The van der Waals surface area contributed by atoms with Crippen molar-refractivity contribution in [1.82, 2.24) is 0 Å². The van der Waals surface area contributed by atoms with Gasteiger partial charge in [0, 0.05) is 10.5 Å². The van der Waals surface area contributed by atoms with Crippen molar-refractivity contribution in [2.75, 3.05) is 0 Å². The largest absolute Gasteiger partial charge is 0.390 e. The van der Waals surface area contributed by atoms with E-state index in [9.17, 15) is 5.11 Å². The maximum atomic E-state index is 10.5. The molecule has 0 amide bonds. The van der Waals surface area contributed by atoms with Gasteiger partial charge in [-0.15, -0.1) is 6.58 Å². The Morgan fingerprint density at radius 1 is 1.27 bits per heavy atom. The summed E-state index contributed by atoms with van der Waals surface area (Å²) in [7, 11) is 0. The van der Waals surface area contributed by atoms with E-state index >= 15 is 0 Å². The van der Waals surface area contributed by atoms with E-state index in [2.05, 4.69) is 18.3 Å². The maximum absolute atomic E-state index is 10.5. The van der Waals surface area contributed by atoms with Crippen LogP contribution >= 0.6 is 11.8 Å². The Morgan fingerprint density at radius 3 is 2.53 bits per heavy atom. The summed E-state index contributed by atoms with van der Waals surface area (Å²) in [4.78, 5) is 0. The predicted octanol–water partition coefficient (Wildman–Crippen LogP) is 3.52. The van der Waals surface area contributed by atoms with Crippen molar-refractivity contribution in [3.8, 4) is 0 Å². The van der Waals surface area contributed by atoms with Crippen LogP contribution in [0, 0.1) is 0 Å². The van der Waals surface area contributed by atoms with Crippen LogP contribution in [-0.4, -0.2) is 21.2 Å². The molecule has 15 heavy (non-hydrogen) atoms. The van der Waals surface area contributed by atoms with Crippen LogP contribution in [0.3, 0.4) is 0 Å². The molecule has 2 aliphatic heterocycles. The highest BCUT2D eigenvalue weighted by molar-refractivity contribution is 8.00. The molecule has 0 radical (unpaired) electrons. The first-order chi connectivity index (χ1) is 7.22. The van der Waals surface area contributed by atoms with E-state index in [0.717, 1.165) is 42.6 Å². The molecule has 2 fully saturated rings. The summed E-state index contributed by atoms with van der Waals surface area (Å²) < 4.78 is 0. The number of hydrogen-bond acceptors (Lipinski definition) is 2. The van der Waals surface area contributed by atoms with E-state index < -0.39 is 0 Å². The summed E-state index contributed by atoms with van der Waals surface area (Å²) in [6.45, 7) is 3.73. The van der Waals surface area contributed by atoms with Gasteiger partial charge in [-0.3, -0.25) is 0 Å². The fourth-order valence-electron chi connectivity index (χ4n) is 2.96. The Hall–Kier alpha value is 0.0500. The van der Waals surface area contributed by atoms with Crippen molar-refractivity contribution in [1.29, 1.82) is 0 Å². The smallest absolute Gasteiger partial charge is 0.0668 e. The first kappa shape index (κ1) is 11.5. The van der Waals surface area contributed by atoms with Crippen molar-refractivity contribution in [2.45, 2.75) is 67.5 Å². The summed E-state index contributed by atoms with van der Waals surface area (Å²) in [6.07, 6.45) is 11.2. The lowest BCUT2D eigenvalue weighted by atomic mass is 9.88. The second-order valence-electron chi connectivity index (χ2n) is 5.12. The summed E-state index contributed by atoms with van der Waals surface area (Å²) in [5.74, 6) is 0. The molecule has 0 spiro atoms. The normalized spacial score (nSPS) is 39.3. The first-order valence-corrected chi connectivity index (χ1v) is 7.15. The number of thioether (sulfide) groups is 1. The summed E-state index contributed by atoms with van der Waals surface area (Å²) >= 11 is 2.12. The molecule has 2 bridgehead atoms. The number of unbranched alkanes of at least 4 members (excludes halogenated alkanes) is 2. The minimum atomic E-state index is -0.321. The van der Waals surface area contributed by atoms with Crippen LogP contribution in [0.2, 0.25) is 0 Å². The molecule has 0 aromatic rings. The standard InChI is InChI=1S/C13H22OS/c1-2-3-4-5-8-13(14)9-11-6-7-12(10-13)15-11/h2,11-12,14H,1,3-10H2. The molecule has 1 nitrogen and oxygen atoms in total. The van der Waals surface area contributed by atoms with Gasteiger partial charge in [0.25, 0.3) is 0 Å². The minimum absolute atomic E-state index is 0.321. The number of hydrogen-bond donors (Lipinski definition) is 1. The molecular formula is C13H22OS. The molecule has 0 saturated carbocycles. The number of allylic oxidation sites excluding steroid dienone is 1. The Balaban J connectivity index is 1.77. The predicted molar refractivity (Wildman–Crippen MR) is 67.2 cm³/mol. The fraction of sp³-hybridized carbons (Fsp3) is 0.846. The van der Waals surface area contributed by atoms with Crippen molar-refractivity contribution < 1.29 is 5.11 Å². The molecule has 0 aliphatic carbocycles. The molecular weight excluding hydrogens is 204 g/mol. The van der Waals surface area contributed by atoms with Gasteiger partial charge in [-0.2, -0.15) is 11.8 Å². The molecule has 86 valence electrons. The van der Waals surface area contributed by atoms with E-state index in [0.29, 0.717) is 0 Å². The molecule has 2 aliphatic rings. The topological polar surface area (TPSA) is 20.2 Å². The lowest BCUT2D eigenvalue weighted by molar-refractivity contribution is 0.0132. The third-order valence-electron chi connectivity index (χ3n) is 3.71. The molecule has 2 unspecified atom stereocenters. The highest BCUT2D eigenvalue weighted by atomic mass is 32.2. The van der Waals surface area contributed by atoms with Crippen LogP contribution in [0.15, 0.2) is 12.7 Å². The molecule has 2 heterocycles. The fourth-order valence-corrected chi connectivity index (χ4v) is 4.86. The van der Waals surface area contributed by atoms with Gasteiger partial charge in [0.1, 0.15) is 0 Å². The summed E-state index contributed by atoms with van der Waals surface area (Å²) in [5, 5.41) is 12.0. The number of rotatable bonds is 5. The van der Waals surface area contributed by atoms with Crippen molar-refractivity contribution >= 4 is 11.8 Å². The van der Waals surface area contributed by atoms with Gasteiger partial charge in [0.15, 0.2) is 0 Å². The molecule has 2 heteroatoms. The van der Waals surface area contributed by atoms with E-state index in [1.54, 1.807) is 0 Å². The monoisotopic (exact) mass is 226 g/mol. The van der Waals surface area contributed by atoms with Crippen molar-refractivity contribution in [3.63, 3.8) is 0 Å². The zero-order valence-corrected chi connectivity index (χ0v) is 10.3. The van der Waals surface area contributed by atoms with Gasteiger partial charge in [0.05, 0.1) is 5.60 Å². The van der Waals surface area contributed by atoms with E-state index in [1.807, 2.05) is 6.08 Å².